The van der Waals surface area contributed by atoms with Gasteiger partial charge in [0.1, 0.15) is 0 Å². The van der Waals surface area contributed by atoms with Gasteiger partial charge in [0.15, 0.2) is 0 Å². The molecule has 1 nitrogen and oxygen atoms in total. The molecule has 0 amide bonds. The summed E-state index contributed by atoms with van der Waals surface area (Å²) in [5.74, 6) is 0.654. The molecule has 1 saturated carbocycles. The largest absolute Gasteiger partial charge is 0.327 e. The van der Waals surface area contributed by atoms with Crippen molar-refractivity contribution < 1.29 is 0 Å². The molecule has 2 heteroatoms. The lowest BCUT2D eigenvalue weighted by molar-refractivity contribution is 0.991. The third-order valence-corrected chi connectivity index (χ3v) is 2.07. The molecule has 1 aromatic carbocycles. The fourth-order valence-corrected chi connectivity index (χ4v) is 1.30. The average molecular weight is 170 g/mol. The molecule has 2 atom stereocenters. The van der Waals surface area contributed by atoms with Crippen LogP contribution >= 0.6 is 12.4 Å². The Kier molecular flexibility index (Phi) is 2.53. The van der Waals surface area contributed by atoms with Crippen molar-refractivity contribution >= 4 is 12.4 Å². The summed E-state index contributed by atoms with van der Waals surface area (Å²) in [4.78, 5) is 0. The summed E-state index contributed by atoms with van der Waals surface area (Å²) in [5, 5.41) is 0. The van der Waals surface area contributed by atoms with Crippen LogP contribution < -0.4 is 5.73 Å². The van der Waals surface area contributed by atoms with Gasteiger partial charge in [0.25, 0.3) is 0 Å². The molecule has 0 unspecified atom stereocenters. The first kappa shape index (κ1) is 8.57. The average Bonchev–Trinajstić information content (AvgIpc) is 2.69. The van der Waals surface area contributed by atoms with Crippen LogP contribution in [0.5, 0.6) is 0 Å². The van der Waals surface area contributed by atoms with E-state index < -0.39 is 0 Å². The minimum atomic E-state index is 0. The molecule has 11 heavy (non-hydrogen) atoms. The van der Waals surface area contributed by atoms with Gasteiger partial charge in [-0.25, -0.2) is 0 Å². The van der Waals surface area contributed by atoms with E-state index in [1.54, 1.807) is 0 Å². The Bertz CT molecular complexity index is 222. The number of hydrogen-bond acceptors (Lipinski definition) is 1. The smallest absolute Gasteiger partial charge is 0.0115 e. The topological polar surface area (TPSA) is 26.0 Å². The minimum Gasteiger partial charge on any atom is -0.327 e. The van der Waals surface area contributed by atoms with Gasteiger partial charge in [-0.2, -0.15) is 0 Å². The van der Waals surface area contributed by atoms with Crippen LogP contribution in [-0.2, 0) is 0 Å². The van der Waals surface area contributed by atoms with Gasteiger partial charge in [-0.1, -0.05) is 30.3 Å². The SMILES string of the molecule is Cl.N[C@@H]1C[C@@H]1c1ccccc1. The zero-order valence-corrected chi connectivity index (χ0v) is 7.05. The predicted molar refractivity (Wildman–Crippen MR) is 49.0 cm³/mol. The number of nitrogens with two attached hydrogens (primary N) is 1. The Morgan fingerprint density at radius 1 is 1.18 bits per heavy atom. The Balaban J connectivity index is 0.000000605. The van der Waals surface area contributed by atoms with E-state index in [2.05, 4.69) is 24.3 Å². The van der Waals surface area contributed by atoms with E-state index in [0.29, 0.717) is 12.0 Å². The summed E-state index contributed by atoms with van der Waals surface area (Å²) in [6, 6.07) is 10.9. The van der Waals surface area contributed by atoms with Crippen molar-refractivity contribution in [1.29, 1.82) is 0 Å². The second-order valence-corrected chi connectivity index (χ2v) is 2.92. The summed E-state index contributed by atoms with van der Waals surface area (Å²) in [6.07, 6.45) is 1.17. The molecule has 1 fully saturated rings. The van der Waals surface area contributed by atoms with Crippen LogP contribution in [0.15, 0.2) is 30.3 Å². The van der Waals surface area contributed by atoms with Crippen molar-refractivity contribution in [3.8, 4) is 0 Å². The van der Waals surface area contributed by atoms with Crippen LogP contribution in [0.25, 0.3) is 0 Å². The van der Waals surface area contributed by atoms with Gasteiger partial charge >= 0.3 is 0 Å². The number of rotatable bonds is 1. The van der Waals surface area contributed by atoms with E-state index in [4.69, 9.17) is 5.73 Å². The molecule has 0 bridgehead atoms. The fraction of sp³-hybridized carbons (Fsp3) is 0.333. The second kappa shape index (κ2) is 3.24. The van der Waals surface area contributed by atoms with Crippen molar-refractivity contribution in [3.63, 3.8) is 0 Å². The van der Waals surface area contributed by atoms with E-state index in [0.717, 1.165) is 0 Å². The highest BCUT2D eigenvalue weighted by Gasteiger charge is 2.34. The number of benzene rings is 1. The number of hydrogen-bond donors (Lipinski definition) is 1. The van der Waals surface area contributed by atoms with Crippen molar-refractivity contribution in [2.24, 2.45) is 5.73 Å². The molecule has 0 spiro atoms. The standard InChI is InChI=1S/C9H11N.ClH/c10-9-6-8(9)7-4-2-1-3-5-7;/h1-5,8-9H,6,10H2;1H/t8-,9-;/m1./s1. The zero-order chi connectivity index (χ0) is 6.97. The molecule has 1 aromatic rings. The van der Waals surface area contributed by atoms with Crippen molar-refractivity contribution in [2.45, 2.75) is 18.4 Å². The van der Waals surface area contributed by atoms with E-state index in [9.17, 15) is 0 Å². The summed E-state index contributed by atoms with van der Waals surface area (Å²) in [7, 11) is 0. The highest BCUT2D eigenvalue weighted by Crippen LogP contribution is 2.38. The lowest BCUT2D eigenvalue weighted by Crippen LogP contribution is -2.00. The summed E-state index contributed by atoms with van der Waals surface area (Å²) >= 11 is 0. The van der Waals surface area contributed by atoms with E-state index in [-0.39, 0.29) is 12.4 Å². The van der Waals surface area contributed by atoms with E-state index in [1.165, 1.54) is 12.0 Å². The lowest BCUT2D eigenvalue weighted by atomic mass is 10.1. The molecule has 0 saturated heterocycles. The molecule has 0 aliphatic heterocycles. The summed E-state index contributed by atoms with van der Waals surface area (Å²) < 4.78 is 0. The molecule has 1 aliphatic carbocycles. The molecule has 2 N–H and O–H groups in total. The molecule has 0 aromatic heterocycles. The van der Waals surface area contributed by atoms with Crippen molar-refractivity contribution in [1.82, 2.24) is 0 Å². The van der Waals surface area contributed by atoms with Gasteiger partial charge in [0.05, 0.1) is 0 Å². The third kappa shape index (κ3) is 1.73. The maximum atomic E-state index is 5.70. The lowest BCUT2D eigenvalue weighted by Gasteiger charge is -1.94. The van der Waals surface area contributed by atoms with E-state index in [1.807, 2.05) is 6.07 Å². The first-order valence-corrected chi connectivity index (χ1v) is 3.68. The van der Waals surface area contributed by atoms with Crippen LogP contribution in [0.4, 0.5) is 0 Å². The normalized spacial score (nSPS) is 27.4. The first-order valence-electron chi connectivity index (χ1n) is 3.68. The van der Waals surface area contributed by atoms with Gasteiger partial charge in [-0.05, 0) is 12.0 Å². The maximum absolute atomic E-state index is 5.70. The fourth-order valence-electron chi connectivity index (χ4n) is 1.30. The molecule has 2 rings (SSSR count). The van der Waals surface area contributed by atoms with Crippen molar-refractivity contribution in [3.05, 3.63) is 35.9 Å². The Hall–Kier alpha value is -0.530. The second-order valence-electron chi connectivity index (χ2n) is 2.92. The molecule has 1 aliphatic rings. The van der Waals surface area contributed by atoms with Gasteiger partial charge in [0, 0.05) is 12.0 Å². The van der Waals surface area contributed by atoms with Crippen LogP contribution in [0, 0.1) is 0 Å². The zero-order valence-electron chi connectivity index (χ0n) is 6.23. The van der Waals surface area contributed by atoms with Crippen LogP contribution in [0.2, 0.25) is 0 Å². The Morgan fingerprint density at radius 3 is 2.18 bits per heavy atom. The highest BCUT2D eigenvalue weighted by atomic mass is 35.5. The summed E-state index contributed by atoms with van der Waals surface area (Å²) in [5.41, 5.74) is 7.10. The molecule has 0 heterocycles. The van der Waals surface area contributed by atoms with Gasteiger partial charge in [0.2, 0.25) is 0 Å². The van der Waals surface area contributed by atoms with Gasteiger partial charge in [-0.3, -0.25) is 0 Å². The van der Waals surface area contributed by atoms with Gasteiger partial charge < -0.3 is 5.73 Å². The third-order valence-electron chi connectivity index (χ3n) is 2.07. The maximum Gasteiger partial charge on any atom is 0.0115 e. The summed E-state index contributed by atoms with van der Waals surface area (Å²) in [6.45, 7) is 0. The molecule has 0 radical (unpaired) electrons. The molecular weight excluding hydrogens is 158 g/mol. The predicted octanol–water partition coefficient (Wildman–Crippen LogP) is 1.92. The Labute approximate surface area is 73.0 Å². The van der Waals surface area contributed by atoms with Crippen LogP contribution in [0.3, 0.4) is 0 Å². The minimum absolute atomic E-state index is 0. The Morgan fingerprint density at radius 2 is 1.73 bits per heavy atom. The van der Waals surface area contributed by atoms with Gasteiger partial charge in [-0.15, -0.1) is 12.4 Å². The molecular formula is C9H12ClN. The monoisotopic (exact) mass is 169 g/mol. The van der Waals surface area contributed by atoms with Crippen LogP contribution in [0.1, 0.15) is 17.9 Å². The van der Waals surface area contributed by atoms with Crippen molar-refractivity contribution in [2.75, 3.05) is 0 Å². The number of halogens is 1. The quantitative estimate of drug-likeness (QED) is 0.683. The first-order chi connectivity index (χ1) is 4.88. The van der Waals surface area contributed by atoms with E-state index >= 15 is 0 Å². The van der Waals surface area contributed by atoms with Crippen LogP contribution in [-0.4, -0.2) is 6.04 Å². The highest BCUT2D eigenvalue weighted by molar-refractivity contribution is 5.85. The molecule has 60 valence electrons.